The lowest BCUT2D eigenvalue weighted by molar-refractivity contribution is -0.0893. The van der Waals surface area contributed by atoms with Crippen LogP contribution in [0.1, 0.15) is 27.7 Å². The number of fused-ring (bicyclic) bond motifs is 3. The number of aromatic nitrogens is 1. The van der Waals surface area contributed by atoms with Gasteiger partial charge in [0.15, 0.2) is 0 Å². The van der Waals surface area contributed by atoms with Crippen molar-refractivity contribution < 1.29 is 9.76 Å². The average molecular weight is 447 g/mol. The zero-order chi connectivity index (χ0) is 23.9. The SMILES string of the molecule is CC(C)(O)C(C)(C)OBc1cccc(-c2ccc(-n3c4ccccc4c4ccccc43)cc2)c1. The van der Waals surface area contributed by atoms with Gasteiger partial charge in [0.2, 0.25) is 0 Å². The molecule has 0 unspecified atom stereocenters. The molecule has 0 amide bonds. The first kappa shape index (κ1) is 22.5. The van der Waals surface area contributed by atoms with Gasteiger partial charge < -0.3 is 14.3 Å². The van der Waals surface area contributed by atoms with Gasteiger partial charge in [0.1, 0.15) is 0 Å². The minimum atomic E-state index is -0.923. The molecule has 1 heterocycles. The molecule has 4 heteroatoms. The Labute approximate surface area is 201 Å². The van der Waals surface area contributed by atoms with Crippen LogP contribution < -0.4 is 5.46 Å². The molecule has 0 fully saturated rings. The van der Waals surface area contributed by atoms with Crippen LogP contribution >= 0.6 is 0 Å². The number of benzene rings is 4. The van der Waals surface area contributed by atoms with E-state index in [2.05, 4.69) is 102 Å². The summed E-state index contributed by atoms with van der Waals surface area (Å²) in [7, 11) is 0.449. The molecule has 0 saturated heterocycles. The molecule has 0 spiro atoms. The number of rotatable bonds is 6. The zero-order valence-electron chi connectivity index (χ0n) is 20.2. The normalized spacial score (nSPS) is 12.4. The third-order valence-corrected chi connectivity index (χ3v) is 7.04. The van der Waals surface area contributed by atoms with Crippen molar-refractivity contribution in [3.63, 3.8) is 0 Å². The topological polar surface area (TPSA) is 34.4 Å². The summed E-state index contributed by atoms with van der Waals surface area (Å²) < 4.78 is 8.40. The molecule has 0 aliphatic carbocycles. The number of para-hydroxylation sites is 2. The highest BCUT2D eigenvalue weighted by Crippen LogP contribution is 2.32. The predicted molar refractivity (Wildman–Crippen MR) is 144 cm³/mol. The Hall–Kier alpha value is -3.34. The number of hydrogen-bond donors (Lipinski definition) is 1. The van der Waals surface area contributed by atoms with Gasteiger partial charge in [0, 0.05) is 16.5 Å². The second kappa shape index (κ2) is 8.46. The largest absolute Gasteiger partial charge is 0.427 e. The molecule has 0 aliphatic rings. The predicted octanol–water partition coefficient (Wildman–Crippen LogP) is 5.99. The summed E-state index contributed by atoms with van der Waals surface area (Å²) in [6.07, 6.45) is 0. The fourth-order valence-electron chi connectivity index (χ4n) is 4.28. The van der Waals surface area contributed by atoms with Crippen molar-refractivity contribution in [1.82, 2.24) is 4.57 Å². The van der Waals surface area contributed by atoms with Crippen molar-refractivity contribution in [2.45, 2.75) is 38.9 Å². The molecule has 4 aromatic carbocycles. The second-order valence-corrected chi connectivity index (χ2v) is 9.97. The molecule has 0 radical (unpaired) electrons. The smallest absolute Gasteiger partial charge is 0.309 e. The molecule has 5 rings (SSSR count). The fourth-order valence-corrected chi connectivity index (χ4v) is 4.28. The summed E-state index contributed by atoms with van der Waals surface area (Å²) in [5.41, 5.74) is 5.40. The Morgan fingerprint density at radius 2 is 1.26 bits per heavy atom. The van der Waals surface area contributed by atoms with Crippen molar-refractivity contribution in [2.75, 3.05) is 0 Å². The van der Waals surface area contributed by atoms with E-state index in [-0.39, 0.29) is 0 Å². The lowest BCUT2D eigenvalue weighted by atomic mass is 9.81. The first-order chi connectivity index (χ1) is 16.2. The molecular weight excluding hydrogens is 417 g/mol. The van der Waals surface area contributed by atoms with Crippen molar-refractivity contribution in [3.8, 4) is 16.8 Å². The summed E-state index contributed by atoms with van der Waals surface area (Å²) in [6, 6.07) is 34.3. The minimum absolute atomic E-state index is 0.449. The van der Waals surface area contributed by atoms with E-state index in [0.29, 0.717) is 7.48 Å². The molecular formula is C30H30BNO2. The molecule has 0 aliphatic heterocycles. The van der Waals surface area contributed by atoms with E-state index in [1.807, 2.05) is 13.8 Å². The Kier molecular flexibility index (Phi) is 5.59. The van der Waals surface area contributed by atoms with Crippen LogP contribution in [0.4, 0.5) is 0 Å². The van der Waals surface area contributed by atoms with Crippen molar-refractivity contribution in [2.24, 2.45) is 0 Å². The highest BCUT2D eigenvalue weighted by Gasteiger charge is 2.35. The standard InChI is InChI=1S/C30H30BNO2/c1-29(2,33)30(3,4)34-31-23-11-9-10-22(20-23)21-16-18-24(19-17-21)32-27-14-7-5-12-25(27)26-13-6-8-15-28(26)32/h5-20,31,33H,1-4H3. The van der Waals surface area contributed by atoms with Gasteiger partial charge in [-0.25, -0.2) is 0 Å². The molecule has 0 bridgehead atoms. The lowest BCUT2D eigenvalue weighted by Crippen LogP contribution is -2.49. The molecule has 3 nitrogen and oxygen atoms in total. The molecule has 1 N–H and O–H groups in total. The van der Waals surface area contributed by atoms with Gasteiger partial charge in [0.05, 0.1) is 22.2 Å². The van der Waals surface area contributed by atoms with Crippen molar-refractivity contribution in [3.05, 3.63) is 97.1 Å². The Bertz CT molecular complexity index is 1410. The van der Waals surface area contributed by atoms with Gasteiger partial charge in [-0.2, -0.15) is 0 Å². The van der Waals surface area contributed by atoms with E-state index in [1.165, 1.54) is 21.8 Å². The average Bonchev–Trinajstić information content (AvgIpc) is 3.17. The van der Waals surface area contributed by atoms with Crippen LogP contribution in [-0.2, 0) is 4.65 Å². The molecule has 5 aromatic rings. The van der Waals surface area contributed by atoms with Gasteiger partial charge in [-0.3, -0.25) is 0 Å². The molecule has 1 aromatic heterocycles. The van der Waals surface area contributed by atoms with Gasteiger partial charge in [-0.05, 0) is 63.1 Å². The van der Waals surface area contributed by atoms with Crippen LogP contribution in [0.2, 0.25) is 0 Å². The van der Waals surface area contributed by atoms with Crippen LogP contribution in [0.3, 0.4) is 0 Å². The van der Waals surface area contributed by atoms with Crippen molar-refractivity contribution in [1.29, 1.82) is 0 Å². The third kappa shape index (κ3) is 4.04. The maximum absolute atomic E-state index is 10.4. The molecule has 170 valence electrons. The highest BCUT2D eigenvalue weighted by molar-refractivity contribution is 6.47. The summed E-state index contributed by atoms with van der Waals surface area (Å²) in [5, 5.41) is 12.9. The summed E-state index contributed by atoms with van der Waals surface area (Å²) in [5.74, 6) is 0. The van der Waals surface area contributed by atoms with Gasteiger partial charge in [0.25, 0.3) is 0 Å². The van der Waals surface area contributed by atoms with E-state index in [1.54, 1.807) is 13.8 Å². The van der Waals surface area contributed by atoms with E-state index in [4.69, 9.17) is 4.65 Å². The maximum atomic E-state index is 10.4. The molecule has 0 saturated carbocycles. The van der Waals surface area contributed by atoms with Gasteiger partial charge in [-0.15, -0.1) is 0 Å². The number of nitrogens with zero attached hydrogens (tertiary/aromatic N) is 1. The maximum Gasteiger partial charge on any atom is 0.309 e. The summed E-state index contributed by atoms with van der Waals surface area (Å²) in [6.45, 7) is 7.40. The first-order valence-corrected chi connectivity index (χ1v) is 11.8. The second-order valence-electron chi connectivity index (χ2n) is 9.97. The fraction of sp³-hybridized carbons (Fsp3) is 0.200. The quantitative estimate of drug-likeness (QED) is 0.324. The van der Waals surface area contributed by atoms with Gasteiger partial charge >= 0.3 is 7.48 Å². The van der Waals surface area contributed by atoms with E-state index < -0.39 is 11.2 Å². The van der Waals surface area contributed by atoms with Crippen LogP contribution in [0.25, 0.3) is 38.6 Å². The number of hydrogen-bond acceptors (Lipinski definition) is 2. The van der Waals surface area contributed by atoms with Crippen LogP contribution in [0, 0.1) is 0 Å². The summed E-state index contributed by atoms with van der Waals surface area (Å²) in [4.78, 5) is 0. The van der Waals surface area contributed by atoms with E-state index in [0.717, 1.165) is 22.3 Å². The van der Waals surface area contributed by atoms with E-state index >= 15 is 0 Å². The monoisotopic (exact) mass is 447 g/mol. The third-order valence-electron chi connectivity index (χ3n) is 7.04. The van der Waals surface area contributed by atoms with E-state index in [9.17, 15) is 5.11 Å². The zero-order valence-corrected chi connectivity index (χ0v) is 20.2. The Morgan fingerprint density at radius 3 is 1.85 bits per heavy atom. The Balaban J connectivity index is 1.45. The lowest BCUT2D eigenvalue weighted by Gasteiger charge is -2.37. The van der Waals surface area contributed by atoms with Crippen LogP contribution in [0.15, 0.2) is 97.1 Å². The highest BCUT2D eigenvalue weighted by atomic mass is 16.5. The van der Waals surface area contributed by atoms with Crippen molar-refractivity contribution >= 4 is 34.8 Å². The van der Waals surface area contributed by atoms with Crippen LogP contribution in [0.5, 0.6) is 0 Å². The summed E-state index contributed by atoms with van der Waals surface area (Å²) >= 11 is 0. The first-order valence-electron chi connectivity index (χ1n) is 11.8. The molecule has 34 heavy (non-hydrogen) atoms. The van der Waals surface area contributed by atoms with Gasteiger partial charge in [-0.1, -0.05) is 78.3 Å². The Morgan fingerprint density at radius 1 is 0.676 bits per heavy atom. The minimum Gasteiger partial charge on any atom is -0.427 e. The number of aliphatic hydroxyl groups is 1. The van der Waals surface area contributed by atoms with Crippen LogP contribution in [-0.4, -0.2) is 28.4 Å². The molecule has 0 atom stereocenters.